The second-order valence-electron chi connectivity index (χ2n) is 6.68. The number of hydrogen-bond acceptors (Lipinski definition) is 3. The third-order valence-corrected chi connectivity index (χ3v) is 3.81. The second kappa shape index (κ2) is 6.53. The normalized spacial score (nSPS) is 11.7. The molecule has 0 saturated heterocycles. The largest absolute Gasteiger partial charge is 0.481 e. The van der Waals surface area contributed by atoms with Crippen LogP contribution < -0.4 is 10.5 Å². The molecule has 4 heteroatoms. The van der Waals surface area contributed by atoms with Gasteiger partial charge in [-0.05, 0) is 37.9 Å². The number of aromatic nitrogens is 2. The number of ether oxygens (including phenoxy) is 1. The molecule has 0 amide bonds. The Labute approximate surface area is 133 Å². The summed E-state index contributed by atoms with van der Waals surface area (Å²) in [5.74, 6) is 0.827. The summed E-state index contributed by atoms with van der Waals surface area (Å²) in [7, 11) is 1.71. The van der Waals surface area contributed by atoms with Crippen LogP contribution in [0.15, 0.2) is 24.3 Å². The van der Waals surface area contributed by atoms with Crippen molar-refractivity contribution in [1.82, 2.24) is 9.78 Å². The van der Waals surface area contributed by atoms with E-state index in [0.29, 0.717) is 6.54 Å². The molecule has 0 unspecified atom stereocenters. The molecule has 1 heterocycles. The maximum absolute atomic E-state index is 5.72. The number of hydrogen-bond donors (Lipinski definition) is 1. The van der Waals surface area contributed by atoms with Crippen molar-refractivity contribution >= 4 is 0 Å². The van der Waals surface area contributed by atoms with Gasteiger partial charge < -0.3 is 10.5 Å². The molecule has 1 aromatic carbocycles. The van der Waals surface area contributed by atoms with E-state index in [1.54, 1.807) is 7.11 Å². The Bertz CT molecular complexity index is 638. The zero-order chi connectivity index (χ0) is 16.3. The molecule has 0 aliphatic carbocycles. The molecule has 0 fully saturated rings. The van der Waals surface area contributed by atoms with E-state index in [-0.39, 0.29) is 5.41 Å². The first-order valence-corrected chi connectivity index (χ1v) is 7.82. The predicted molar refractivity (Wildman–Crippen MR) is 90.9 cm³/mol. The van der Waals surface area contributed by atoms with E-state index in [1.165, 1.54) is 11.1 Å². The smallest absolute Gasteiger partial charge is 0.219 e. The van der Waals surface area contributed by atoms with Gasteiger partial charge in [-0.1, -0.05) is 39.0 Å². The first kappa shape index (κ1) is 16.6. The molecule has 0 aliphatic rings. The molecule has 0 radical (unpaired) electrons. The third-order valence-electron chi connectivity index (χ3n) is 3.81. The van der Waals surface area contributed by atoms with Crippen molar-refractivity contribution in [3.8, 4) is 11.6 Å². The monoisotopic (exact) mass is 301 g/mol. The number of benzene rings is 1. The van der Waals surface area contributed by atoms with Crippen LogP contribution in [0, 0.1) is 6.92 Å². The zero-order valence-corrected chi connectivity index (χ0v) is 14.3. The molecule has 0 aliphatic heterocycles. The number of nitrogens with zero attached hydrogens (tertiary/aromatic N) is 2. The van der Waals surface area contributed by atoms with Gasteiger partial charge in [-0.15, -0.1) is 0 Å². The highest BCUT2D eigenvalue weighted by Gasteiger charge is 2.27. The van der Waals surface area contributed by atoms with E-state index in [2.05, 4.69) is 39.8 Å². The van der Waals surface area contributed by atoms with Crippen molar-refractivity contribution in [2.45, 2.75) is 46.0 Å². The summed E-state index contributed by atoms with van der Waals surface area (Å²) in [6.07, 6.45) is 1.82. The van der Waals surface area contributed by atoms with E-state index in [1.807, 2.05) is 16.8 Å². The van der Waals surface area contributed by atoms with E-state index >= 15 is 0 Å². The second-order valence-corrected chi connectivity index (χ2v) is 6.68. The lowest BCUT2D eigenvalue weighted by Crippen LogP contribution is -2.15. The Balaban J connectivity index is 2.65. The Morgan fingerprint density at radius 2 is 1.91 bits per heavy atom. The third kappa shape index (κ3) is 3.17. The summed E-state index contributed by atoms with van der Waals surface area (Å²) in [5, 5.41) is 4.89. The summed E-state index contributed by atoms with van der Waals surface area (Å²) in [5.41, 5.74) is 10.2. The highest BCUT2D eigenvalue weighted by atomic mass is 16.5. The fraction of sp³-hybridized carbons (Fsp3) is 0.500. The topological polar surface area (TPSA) is 53.1 Å². The van der Waals surface area contributed by atoms with Crippen molar-refractivity contribution in [2.24, 2.45) is 5.73 Å². The van der Waals surface area contributed by atoms with Crippen LogP contribution in [0.4, 0.5) is 0 Å². The Hall–Kier alpha value is -1.81. The summed E-state index contributed by atoms with van der Waals surface area (Å²) in [6, 6.07) is 8.23. The molecule has 2 rings (SSSR count). The van der Waals surface area contributed by atoms with Crippen LogP contribution in [0.3, 0.4) is 0 Å². The molecule has 0 saturated carbocycles. The van der Waals surface area contributed by atoms with Crippen LogP contribution >= 0.6 is 0 Å². The molecule has 120 valence electrons. The first-order chi connectivity index (χ1) is 10.4. The average molecular weight is 301 g/mol. The minimum atomic E-state index is -0.0366. The summed E-state index contributed by atoms with van der Waals surface area (Å²) in [4.78, 5) is 0. The Morgan fingerprint density at radius 3 is 2.45 bits per heavy atom. The van der Waals surface area contributed by atoms with Crippen molar-refractivity contribution in [3.05, 3.63) is 41.1 Å². The summed E-state index contributed by atoms with van der Waals surface area (Å²) < 4.78 is 7.65. The van der Waals surface area contributed by atoms with Gasteiger partial charge in [0.05, 0.1) is 18.5 Å². The number of nitrogens with two attached hydrogens (primary N) is 1. The summed E-state index contributed by atoms with van der Waals surface area (Å²) >= 11 is 0. The highest BCUT2D eigenvalue weighted by Crippen LogP contribution is 2.34. The van der Waals surface area contributed by atoms with Crippen LogP contribution in [0.2, 0.25) is 0 Å². The van der Waals surface area contributed by atoms with Crippen LogP contribution in [-0.4, -0.2) is 23.4 Å². The van der Waals surface area contributed by atoms with Gasteiger partial charge in [-0.25, -0.2) is 4.68 Å². The Morgan fingerprint density at radius 1 is 1.23 bits per heavy atom. The van der Waals surface area contributed by atoms with Gasteiger partial charge in [-0.3, -0.25) is 0 Å². The molecule has 1 aromatic heterocycles. The van der Waals surface area contributed by atoms with Gasteiger partial charge in [-0.2, -0.15) is 5.10 Å². The van der Waals surface area contributed by atoms with Crippen molar-refractivity contribution in [3.63, 3.8) is 0 Å². The van der Waals surface area contributed by atoms with Gasteiger partial charge >= 0.3 is 0 Å². The number of para-hydroxylation sites is 1. The fourth-order valence-electron chi connectivity index (χ4n) is 2.72. The summed E-state index contributed by atoms with van der Waals surface area (Å²) in [6.45, 7) is 9.31. The van der Waals surface area contributed by atoms with Crippen LogP contribution in [-0.2, 0) is 11.8 Å². The van der Waals surface area contributed by atoms with Gasteiger partial charge in [0.25, 0.3) is 0 Å². The predicted octanol–water partition coefficient (Wildman–Crippen LogP) is 3.38. The van der Waals surface area contributed by atoms with Gasteiger partial charge in [0.2, 0.25) is 5.88 Å². The molecule has 2 aromatic rings. The van der Waals surface area contributed by atoms with Gasteiger partial charge in [0, 0.05) is 11.0 Å². The zero-order valence-electron chi connectivity index (χ0n) is 14.3. The van der Waals surface area contributed by atoms with Crippen LogP contribution in [0.25, 0.3) is 5.69 Å². The van der Waals surface area contributed by atoms with Gasteiger partial charge in [0.1, 0.15) is 0 Å². The van der Waals surface area contributed by atoms with E-state index in [0.717, 1.165) is 30.1 Å². The lowest BCUT2D eigenvalue weighted by molar-refractivity contribution is 0.378. The fourth-order valence-corrected chi connectivity index (χ4v) is 2.72. The molecule has 0 bridgehead atoms. The molecular formula is C18H27N3O. The van der Waals surface area contributed by atoms with Crippen molar-refractivity contribution in [2.75, 3.05) is 13.7 Å². The number of rotatable bonds is 5. The molecule has 2 N–H and O–H groups in total. The van der Waals surface area contributed by atoms with Crippen LogP contribution in [0.5, 0.6) is 5.88 Å². The molecule has 0 atom stereocenters. The SMILES string of the molecule is COc1c(CCCN)c(C(C)(C)C)nn1-c1ccccc1C. The maximum atomic E-state index is 5.72. The molecule has 4 nitrogen and oxygen atoms in total. The maximum Gasteiger partial charge on any atom is 0.219 e. The molecule has 22 heavy (non-hydrogen) atoms. The standard InChI is InChI=1S/C18H27N3O/c1-13-9-6-7-11-15(13)21-17(22-5)14(10-8-12-19)16(20-21)18(2,3)4/h6-7,9,11H,8,10,12,19H2,1-5H3. The minimum Gasteiger partial charge on any atom is -0.481 e. The lowest BCUT2D eigenvalue weighted by atomic mass is 9.88. The van der Waals surface area contributed by atoms with E-state index < -0.39 is 0 Å². The lowest BCUT2D eigenvalue weighted by Gasteiger charge is -2.17. The Kier molecular flexibility index (Phi) is 4.91. The molecular weight excluding hydrogens is 274 g/mol. The van der Waals surface area contributed by atoms with Gasteiger partial charge in [0.15, 0.2) is 0 Å². The van der Waals surface area contributed by atoms with Crippen LogP contribution in [0.1, 0.15) is 44.0 Å². The van der Waals surface area contributed by atoms with E-state index in [9.17, 15) is 0 Å². The number of methoxy groups -OCH3 is 1. The molecule has 0 spiro atoms. The van der Waals surface area contributed by atoms with E-state index in [4.69, 9.17) is 15.6 Å². The minimum absolute atomic E-state index is 0.0366. The van der Waals surface area contributed by atoms with Crippen molar-refractivity contribution < 1.29 is 4.74 Å². The average Bonchev–Trinajstić information content (AvgIpc) is 2.84. The highest BCUT2D eigenvalue weighted by molar-refractivity contribution is 5.47. The number of aryl methyl sites for hydroxylation is 1. The quantitative estimate of drug-likeness (QED) is 0.921. The van der Waals surface area contributed by atoms with Crippen molar-refractivity contribution in [1.29, 1.82) is 0 Å². The first-order valence-electron chi connectivity index (χ1n) is 7.82.